The zero-order chi connectivity index (χ0) is 20.1. The van der Waals surface area contributed by atoms with Crippen LogP contribution in [0.2, 0.25) is 0 Å². The van der Waals surface area contributed by atoms with E-state index < -0.39 is 0 Å². The molecule has 0 radical (unpaired) electrons. The van der Waals surface area contributed by atoms with E-state index in [1.165, 1.54) is 17.4 Å². The van der Waals surface area contributed by atoms with Gasteiger partial charge in [0.25, 0.3) is 0 Å². The molecule has 1 saturated carbocycles. The van der Waals surface area contributed by atoms with Crippen molar-refractivity contribution in [1.82, 2.24) is 5.32 Å². The Balaban J connectivity index is 1.38. The second-order valence-corrected chi connectivity index (χ2v) is 8.24. The van der Waals surface area contributed by atoms with Crippen LogP contribution in [0.3, 0.4) is 0 Å². The van der Waals surface area contributed by atoms with Gasteiger partial charge in [-0.25, -0.2) is 4.39 Å². The molecule has 1 atom stereocenters. The van der Waals surface area contributed by atoms with E-state index in [0.29, 0.717) is 12.2 Å². The summed E-state index contributed by atoms with van der Waals surface area (Å²) in [5.41, 5.74) is 0.673. The minimum atomic E-state index is -0.168. The first-order valence-electron chi connectivity index (χ1n) is 10.9. The molecule has 2 aliphatic rings. The molecule has 1 aromatic heterocycles. The number of anilines is 1. The fourth-order valence-electron chi connectivity index (χ4n) is 4.74. The van der Waals surface area contributed by atoms with E-state index in [1.54, 1.807) is 12.3 Å². The molecule has 29 heavy (non-hydrogen) atoms. The lowest BCUT2D eigenvalue weighted by molar-refractivity contribution is -0.932. The Hall–Kier alpha value is -2.34. The summed E-state index contributed by atoms with van der Waals surface area (Å²) in [5.74, 6) is 1.08. The van der Waals surface area contributed by atoms with Crippen LogP contribution in [0.25, 0.3) is 0 Å². The van der Waals surface area contributed by atoms with Crippen LogP contribution in [0, 0.1) is 11.7 Å². The quantitative estimate of drug-likeness (QED) is 0.784. The molecular weight excluding hydrogens is 369 g/mol. The van der Waals surface area contributed by atoms with Crippen molar-refractivity contribution in [3.63, 3.8) is 0 Å². The number of carbonyl (C=O) groups excluding carboxylic acids is 1. The topological polar surface area (TPSA) is 49.9 Å². The highest BCUT2D eigenvalue weighted by Crippen LogP contribution is 2.24. The fraction of sp³-hybridized carbons (Fsp3) is 0.522. The van der Waals surface area contributed by atoms with Gasteiger partial charge in [-0.05, 0) is 37.1 Å². The molecule has 1 saturated heterocycles. The van der Waals surface area contributed by atoms with Crippen molar-refractivity contribution in [2.45, 2.75) is 38.1 Å². The minimum Gasteiger partial charge on any atom is -0.463 e. The normalized spacial score (nSPS) is 19.8. The Labute approximate surface area is 171 Å². The smallest absolute Gasteiger partial charge is 0.223 e. The molecule has 2 fully saturated rings. The third kappa shape index (κ3) is 4.81. The monoisotopic (exact) mass is 400 g/mol. The second kappa shape index (κ2) is 9.44. The van der Waals surface area contributed by atoms with Gasteiger partial charge in [0, 0.05) is 5.92 Å². The zero-order valence-electron chi connectivity index (χ0n) is 16.9. The first-order chi connectivity index (χ1) is 14.2. The summed E-state index contributed by atoms with van der Waals surface area (Å²) in [6, 6.07) is 10.9. The van der Waals surface area contributed by atoms with E-state index >= 15 is 0 Å². The Kier molecular flexibility index (Phi) is 6.49. The number of carbonyl (C=O) groups is 1. The molecule has 6 heteroatoms. The standard InChI is InChI=1S/C23H30FN3O2/c24-19-9-4-5-10-20(19)26-12-14-27(15-13-26)21(22-11-6-16-29-22)17-25-23(28)18-7-2-1-3-8-18/h4-6,9-11,16,18,21H,1-3,7-8,12-15,17H2,(H,25,28)/p+1/t21-/m1/s1. The van der Waals surface area contributed by atoms with Gasteiger partial charge in [0.2, 0.25) is 5.91 Å². The molecule has 0 spiro atoms. The van der Waals surface area contributed by atoms with E-state index in [0.717, 1.165) is 57.6 Å². The van der Waals surface area contributed by atoms with Crippen LogP contribution < -0.4 is 15.1 Å². The highest BCUT2D eigenvalue weighted by atomic mass is 19.1. The molecular formula is C23H31FN3O2+. The SMILES string of the molecule is O=C(NC[C@H](c1ccco1)[NH+]1CCN(c2ccccc2F)CC1)C1CCCCC1. The molecule has 1 aliphatic carbocycles. The fourth-order valence-corrected chi connectivity index (χ4v) is 4.74. The summed E-state index contributed by atoms with van der Waals surface area (Å²) in [6.07, 6.45) is 7.26. The van der Waals surface area contributed by atoms with Gasteiger partial charge in [0.15, 0.2) is 11.8 Å². The number of hydrogen-bond acceptors (Lipinski definition) is 3. The number of benzene rings is 1. The second-order valence-electron chi connectivity index (χ2n) is 8.24. The van der Waals surface area contributed by atoms with E-state index in [1.807, 2.05) is 24.3 Å². The number of piperazine rings is 1. The molecule has 156 valence electrons. The van der Waals surface area contributed by atoms with E-state index in [9.17, 15) is 9.18 Å². The average Bonchev–Trinajstić information content (AvgIpc) is 3.30. The van der Waals surface area contributed by atoms with Gasteiger partial charge >= 0.3 is 0 Å². The van der Waals surface area contributed by atoms with Crippen LogP contribution in [-0.4, -0.2) is 38.6 Å². The summed E-state index contributed by atoms with van der Waals surface area (Å²) in [6.45, 7) is 3.89. The molecule has 2 N–H and O–H groups in total. The maximum absolute atomic E-state index is 14.1. The predicted molar refractivity (Wildman–Crippen MR) is 110 cm³/mol. The molecule has 2 heterocycles. The largest absolute Gasteiger partial charge is 0.463 e. The highest BCUT2D eigenvalue weighted by Gasteiger charge is 2.32. The van der Waals surface area contributed by atoms with Gasteiger partial charge in [-0.1, -0.05) is 31.4 Å². The summed E-state index contributed by atoms with van der Waals surface area (Å²) in [5, 5.41) is 3.20. The number of halogens is 1. The number of hydrogen-bond donors (Lipinski definition) is 2. The van der Waals surface area contributed by atoms with Crippen LogP contribution in [0.1, 0.15) is 43.9 Å². The number of furan rings is 1. The van der Waals surface area contributed by atoms with Crippen molar-refractivity contribution in [2.75, 3.05) is 37.6 Å². The number of para-hydroxylation sites is 1. The van der Waals surface area contributed by atoms with Crippen LogP contribution in [-0.2, 0) is 4.79 Å². The Bertz CT molecular complexity index is 781. The number of nitrogens with zero attached hydrogens (tertiary/aromatic N) is 1. The van der Waals surface area contributed by atoms with Crippen molar-refractivity contribution in [1.29, 1.82) is 0 Å². The first kappa shape index (κ1) is 20.0. The maximum Gasteiger partial charge on any atom is 0.223 e. The van der Waals surface area contributed by atoms with Crippen molar-refractivity contribution in [3.05, 3.63) is 54.2 Å². The van der Waals surface area contributed by atoms with Gasteiger partial charge in [0.1, 0.15) is 5.82 Å². The molecule has 4 rings (SSSR count). The molecule has 1 aliphatic heterocycles. The van der Waals surface area contributed by atoms with E-state index in [-0.39, 0.29) is 23.7 Å². The lowest BCUT2D eigenvalue weighted by atomic mass is 9.88. The average molecular weight is 401 g/mol. The van der Waals surface area contributed by atoms with Gasteiger partial charge in [0.05, 0.1) is 44.7 Å². The van der Waals surface area contributed by atoms with Crippen molar-refractivity contribution >= 4 is 11.6 Å². The van der Waals surface area contributed by atoms with Gasteiger partial charge < -0.3 is 19.5 Å². The van der Waals surface area contributed by atoms with Gasteiger partial charge in [-0.3, -0.25) is 4.79 Å². The Morgan fingerprint density at radius 2 is 1.90 bits per heavy atom. The summed E-state index contributed by atoms with van der Waals surface area (Å²) >= 11 is 0. The molecule has 5 nitrogen and oxygen atoms in total. The van der Waals surface area contributed by atoms with Crippen molar-refractivity contribution in [2.24, 2.45) is 5.92 Å². The third-order valence-corrected chi connectivity index (χ3v) is 6.43. The number of amides is 1. The maximum atomic E-state index is 14.1. The molecule has 1 aromatic carbocycles. The highest BCUT2D eigenvalue weighted by molar-refractivity contribution is 5.78. The Morgan fingerprint density at radius 1 is 1.14 bits per heavy atom. The van der Waals surface area contributed by atoms with Crippen LogP contribution in [0.4, 0.5) is 10.1 Å². The van der Waals surface area contributed by atoms with Crippen LogP contribution in [0.15, 0.2) is 47.1 Å². The lowest BCUT2D eigenvalue weighted by Crippen LogP contribution is -3.15. The van der Waals surface area contributed by atoms with E-state index in [2.05, 4.69) is 10.2 Å². The summed E-state index contributed by atoms with van der Waals surface area (Å²) in [7, 11) is 0. The number of rotatable bonds is 6. The molecule has 1 amide bonds. The van der Waals surface area contributed by atoms with Gasteiger partial charge in [-0.2, -0.15) is 0 Å². The van der Waals surface area contributed by atoms with Gasteiger partial charge in [-0.15, -0.1) is 0 Å². The Morgan fingerprint density at radius 3 is 2.59 bits per heavy atom. The van der Waals surface area contributed by atoms with Crippen LogP contribution >= 0.6 is 0 Å². The van der Waals surface area contributed by atoms with Crippen molar-refractivity contribution in [3.8, 4) is 0 Å². The number of nitrogens with one attached hydrogen (secondary N) is 2. The lowest BCUT2D eigenvalue weighted by Gasteiger charge is -2.37. The summed E-state index contributed by atoms with van der Waals surface area (Å²) in [4.78, 5) is 16.1. The van der Waals surface area contributed by atoms with Crippen LogP contribution in [0.5, 0.6) is 0 Å². The van der Waals surface area contributed by atoms with E-state index in [4.69, 9.17) is 4.42 Å². The van der Waals surface area contributed by atoms with Crippen molar-refractivity contribution < 1.29 is 18.5 Å². The molecule has 2 aromatic rings. The molecule has 0 bridgehead atoms. The minimum absolute atomic E-state index is 0.0836. The summed E-state index contributed by atoms with van der Waals surface area (Å²) < 4.78 is 19.8. The molecule has 0 unspecified atom stereocenters. The third-order valence-electron chi connectivity index (χ3n) is 6.43. The zero-order valence-corrected chi connectivity index (χ0v) is 16.9. The number of quaternary nitrogens is 1. The predicted octanol–water partition coefficient (Wildman–Crippen LogP) is 2.56. The first-order valence-corrected chi connectivity index (χ1v) is 10.9.